The zero-order valence-electron chi connectivity index (χ0n) is 23.8. The fraction of sp³-hybridized carbons (Fsp3) is 0.485. The van der Waals surface area contributed by atoms with Crippen LogP contribution in [-0.2, 0) is 25.7 Å². The minimum Gasteiger partial charge on any atom is -0.377 e. The second-order valence-electron chi connectivity index (χ2n) is 10.6. The molecule has 2 aromatic rings. The first kappa shape index (κ1) is 29.5. The van der Waals surface area contributed by atoms with E-state index in [-0.39, 0.29) is 25.3 Å². The van der Waals surface area contributed by atoms with Crippen molar-refractivity contribution in [2.75, 3.05) is 31.1 Å². The van der Waals surface area contributed by atoms with E-state index in [0.29, 0.717) is 58.3 Å². The summed E-state index contributed by atoms with van der Waals surface area (Å²) in [6, 6.07) is 16.2. The van der Waals surface area contributed by atoms with Gasteiger partial charge in [0.1, 0.15) is 0 Å². The summed E-state index contributed by atoms with van der Waals surface area (Å²) in [6.45, 7) is 5.34. The van der Waals surface area contributed by atoms with Crippen molar-refractivity contribution < 1.29 is 20.5 Å². The maximum Gasteiger partial charge on any atom is 0.227 e. The van der Waals surface area contributed by atoms with Crippen LogP contribution in [0.4, 0.5) is 5.69 Å². The Morgan fingerprint density at radius 2 is 1.57 bits per heavy atom. The highest BCUT2D eigenvalue weighted by Crippen LogP contribution is 2.29. The molecule has 0 saturated carbocycles. The molecule has 40 heavy (non-hydrogen) atoms. The summed E-state index contributed by atoms with van der Waals surface area (Å²) in [5, 5.41) is 2.98. The predicted molar refractivity (Wildman–Crippen MR) is 162 cm³/mol. The van der Waals surface area contributed by atoms with Crippen LogP contribution in [-0.4, -0.2) is 55.0 Å². The fourth-order valence-corrected chi connectivity index (χ4v) is 5.45. The van der Waals surface area contributed by atoms with Crippen molar-refractivity contribution in [3.8, 4) is 0 Å². The number of hydrogen-bond acceptors (Lipinski definition) is 4. The van der Waals surface area contributed by atoms with Gasteiger partial charge in [-0.05, 0) is 61.8 Å². The molecule has 7 heteroatoms. The molecule has 1 atom stereocenters. The van der Waals surface area contributed by atoms with Gasteiger partial charge >= 0.3 is 0 Å². The Morgan fingerprint density at radius 3 is 2.42 bits per heavy atom. The zero-order chi connectivity index (χ0) is 28.2. The Balaban J connectivity index is 0.00000462. The largest absolute Gasteiger partial charge is 0.377 e. The fourth-order valence-electron chi connectivity index (χ4n) is 5.45. The number of fused-ring (bicyclic) bond motifs is 2. The molecule has 216 valence electrons. The van der Waals surface area contributed by atoms with Gasteiger partial charge in [-0.15, -0.1) is 0 Å². The number of benzene rings is 2. The standard InChI is InChI=1S/C33H43N3O4.H2/c1-2-40-29-21-23-35(25-29)32(38)17-4-3-11-22-34-31(37)16-9-10-18-33(39)36-24-28-14-6-5-12-26(28)19-20-27-13-7-8-15-30(27)36;/h5-8,12-15,19-20,29H,2-4,9-11,16-18,21-25H2,1H3,(H,34,37);1H/b20-19-;/t29-;/m0./s1. The molecule has 0 bridgehead atoms. The van der Waals surface area contributed by atoms with Crippen LogP contribution in [0.3, 0.4) is 0 Å². The number of anilines is 1. The van der Waals surface area contributed by atoms with Crippen LogP contribution < -0.4 is 10.2 Å². The number of likely N-dealkylation sites (tertiary alicyclic amines) is 1. The van der Waals surface area contributed by atoms with E-state index < -0.39 is 0 Å². The Labute approximate surface area is 240 Å². The molecule has 3 amide bonds. The van der Waals surface area contributed by atoms with Gasteiger partial charge < -0.3 is 19.9 Å². The Morgan fingerprint density at radius 1 is 0.875 bits per heavy atom. The molecule has 1 fully saturated rings. The van der Waals surface area contributed by atoms with Gasteiger partial charge in [0.25, 0.3) is 0 Å². The minimum absolute atomic E-state index is 0. The molecule has 2 aliphatic heterocycles. The van der Waals surface area contributed by atoms with Crippen molar-refractivity contribution in [2.24, 2.45) is 0 Å². The molecule has 0 spiro atoms. The second-order valence-corrected chi connectivity index (χ2v) is 10.6. The number of para-hydroxylation sites is 1. The highest BCUT2D eigenvalue weighted by atomic mass is 16.5. The highest BCUT2D eigenvalue weighted by Gasteiger charge is 2.26. The number of unbranched alkanes of at least 4 members (excludes halogenated alkanes) is 3. The van der Waals surface area contributed by atoms with Gasteiger partial charge in [-0.1, -0.05) is 61.0 Å². The number of ether oxygens (including phenoxy) is 1. The lowest BCUT2D eigenvalue weighted by Crippen LogP contribution is -2.31. The number of nitrogens with one attached hydrogen (secondary N) is 1. The van der Waals surface area contributed by atoms with Gasteiger partial charge in [0.2, 0.25) is 17.7 Å². The molecule has 7 nitrogen and oxygen atoms in total. The molecule has 0 unspecified atom stereocenters. The van der Waals surface area contributed by atoms with Crippen molar-refractivity contribution in [1.29, 1.82) is 0 Å². The predicted octanol–water partition coefficient (Wildman–Crippen LogP) is 5.82. The molecular weight excluding hydrogens is 502 g/mol. The van der Waals surface area contributed by atoms with E-state index in [1.165, 1.54) is 0 Å². The topological polar surface area (TPSA) is 79.0 Å². The SMILES string of the molecule is CCO[C@H]1CCN(C(=O)CCCCCNC(=O)CCCCC(=O)N2Cc3ccccc3/C=C\c3ccccc32)C1.[HH]. The number of hydrogen-bond donors (Lipinski definition) is 1. The average Bonchev–Trinajstić information content (AvgIpc) is 3.43. The number of carbonyl (C=O) groups excluding carboxylic acids is 3. The first-order chi connectivity index (χ1) is 19.5. The van der Waals surface area contributed by atoms with Crippen molar-refractivity contribution in [3.05, 3.63) is 65.2 Å². The summed E-state index contributed by atoms with van der Waals surface area (Å²) in [6.07, 6.45) is 10.7. The maximum absolute atomic E-state index is 13.3. The van der Waals surface area contributed by atoms with Crippen LogP contribution in [0.15, 0.2) is 48.5 Å². The molecule has 0 aromatic heterocycles. The summed E-state index contributed by atoms with van der Waals surface area (Å²) in [5.41, 5.74) is 4.20. The van der Waals surface area contributed by atoms with E-state index in [1.54, 1.807) is 0 Å². The van der Waals surface area contributed by atoms with Crippen molar-refractivity contribution in [3.63, 3.8) is 0 Å². The van der Waals surface area contributed by atoms with E-state index in [0.717, 1.165) is 54.6 Å². The monoisotopic (exact) mass is 547 g/mol. The lowest BCUT2D eigenvalue weighted by Gasteiger charge is -2.27. The second kappa shape index (κ2) is 15.4. The van der Waals surface area contributed by atoms with Gasteiger partial charge in [0.15, 0.2) is 0 Å². The van der Waals surface area contributed by atoms with Crippen LogP contribution in [0.2, 0.25) is 0 Å². The van der Waals surface area contributed by atoms with E-state index in [9.17, 15) is 14.4 Å². The van der Waals surface area contributed by atoms with E-state index >= 15 is 0 Å². The van der Waals surface area contributed by atoms with Gasteiger partial charge in [0.05, 0.1) is 18.3 Å². The molecular formula is C33H45N3O4. The summed E-state index contributed by atoms with van der Waals surface area (Å²) in [4.78, 5) is 41.7. The molecule has 2 heterocycles. The third kappa shape index (κ3) is 8.52. The van der Waals surface area contributed by atoms with Crippen LogP contribution in [0, 0.1) is 0 Å². The minimum atomic E-state index is 0. The lowest BCUT2D eigenvalue weighted by molar-refractivity contribution is -0.130. The molecule has 2 aliphatic rings. The van der Waals surface area contributed by atoms with Gasteiger partial charge in [-0.2, -0.15) is 0 Å². The molecule has 4 rings (SSSR count). The van der Waals surface area contributed by atoms with E-state index in [2.05, 4.69) is 29.6 Å². The average molecular weight is 548 g/mol. The third-order valence-corrected chi connectivity index (χ3v) is 7.69. The number of rotatable bonds is 13. The van der Waals surface area contributed by atoms with E-state index in [4.69, 9.17) is 4.74 Å². The zero-order valence-corrected chi connectivity index (χ0v) is 23.8. The quantitative estimate of drug-likeness (QED) is 0.320. The van der Waals surface area contributed by atoms with Gasteiger partial charge in [-0.25, -0.2) is 0 Å². The third-order valence-electron chi connectivity index (χ3n) is 7.69. The first-order valence-electron chi connectivity index (χ1n) is 14.9. The van der Waals surface area contributed by atoms with Crippen molar-refractivity contribution in [2.45, 2.75) is 77.4 Å². The molecule has 0 radical (unpaired) electrons. The van der Waals surface area contributed by atoms with Gasteiger partial charge in [0, 0.05) is 46.9 Å². The number of carbonyl (C=O) groups is 3. The lowest BCUT2D eigenvalue weighted by atomic mass is 10.0. The van der Waals surface area contributed by atoms with Crippen molar-refractivity contribution >= 4 is 35.6 Å². The molecule has 1 N–H and O–H groups in total. The van der Waals surface area contributed by atoms with Crippen LogP contribution in [0.1, 0.15) is 82.8 Å². The first-order valence-corrected chi connectivity index (χ1v) is 14.9. The van der Waals surface area contributed by atoms with Crippen LogP contribution in [0.25, 0.3) is 12.2 Å². The normalized spacial score (nSPS) is 17.0. The Bertz CT molecular complexity index is 1180. The maximum atomic E-state index is 13.3. The van der Waals surface area contributed by atoms with Crippen LogP contribution in [0.5, 0.6) is 0 Å². The summed E-state index contributed by atoms with van der Waals surface area (Å²) in [5.74, 6) is 0.314. The smallest absolute Gasteiger partial charge is 0.227 e. The molecule has 2 aromatic carbocycles. The van der Waals surface area contributed by atoms with Crippen LogP contribution >= 0.6 is 0 Å². The Kier molecular flexibility index (Phi) is 11.3. The van der Waals surface area contributed by atoms with E-state index in [1.807, 2.05) is 53.1 Å². The summed E-state index contributed by atoms with van der Waals surface area (Å²) >= 11 is 0. The van der Waals surface area contributed by atoms with Gasteiger partial charge in [-0.3, -0.25) is 14.4 Å². The number of amides is 3. The summed E-state index contributed by atoms with van der Waals surface area (Å²) < 4.78 is 5.62. The molecule has 0 aliphatic carbocycles. The highest BCUT2D eigenvalue weighted by molar-refractivity contribution is 5.97. The van der Waals surface area contributed by atoms with Crippen molar-refractivity contribution in [1.82, 2.24) is 10.2 Å². The summed E-state index contributed by atoms with van der Waals surface area (Å²) in [7, 11) is 0. The number of nitrogens with zero attached hydrogens (tertiary/aromatic N) is 2. The molecule has 1 saturated heterocycles. The Hall–Kier alpha value is -3.45.